The molecule has 4 bridgehead atoms. The van der Waals surface area contributed by atoms with E-state index in [-0.39, 0.29) is 24.7 Å². The van der Waals surface area contributed by atoms with Crippen molar-refractivity contribution in [1.82, 2.24) is 0 Å². The van der Waals surface area contributed by atoms with Crippen molar-refractivity contribution in [2.75, 3.05) is 0 Å². The molecule has 9 unspecified atom stereocenters. The van der Waals surface area contributed by atoms with Crippen LogP contribution in [0.1, 0.15) is 33.1 Å². The Morgan fingerprint density at radius 3 is 1.96 bits per heavy atom. The molecule has 142 valence electrons. The maximum Gasteiger partial charge on any atom is 0.423 e. The van der Waals surface area contributed by atoms with E-state index in [0.717, 1.165) is 13.3 Å². The maximum atomic E-state index is 14.7. The minimum atomic E-state index is -5.53. The van der Waals surface area contributed by atoms with Crippen molar-refractivity contribution in [2.24, 2.45) is 41.4 Å². The highest BCUT2D eigenvalue weighted by Crippen LogP contribution is 2.69. The van der Waals surface area contributed by atoms with Gasteiger partial charge in [-0.1, -0.05) is 12.2 Å². The summed E-state index contributed by atoms with van der Waals surface area (Å²) in [5.74, 6) is -4.32. The monoisotopic (exact) mass is 366 g/mol. The summed E-state index contributed by atoms with van der Waals surface area (Å²) in [5, 5.41) is 20.2. The molecule has 9 atom stereocenters. The molecule has 0 heterocycles. The molecule has 4 aliphatic carbocycles. The molecule has 4 rings (SSSR count). The number of hydrogen-bond acceptors (Lipinski definition) is 2. The second-order valence-corrected chi connectivity index (χ2v) is 8.90. The lowest BCUT2D eigenvalue weighted by atomic mass is 9.62. The number of fused-ring (bicyclic) bond motifs is 9. The lowest BCUT2D eigenvalue weighted by Crippen LogP contribution is -2.69. The van der Waals surface area contributed by atoms with E-state index >= 15 is 0 Å². The summed E-state index contributed by atoms with van der Waals surface area (Å²) in [4.78, 5) is 0. The predicted octanol–water partition coefficient (Wildman–Crippen LogP) is 3.78. The minimum absolute atomic E-state index is 0.0533. The fraction of sp³-hybridized carbons (Fsp3) is 0.889. The second-order valence-electron chi connectivity index (χ2n) is 8.90. The van der Waals surface area contributed by atoms with Crippen LogP contribution in [0.2, 0.25) is 0 Å². The summed E-state index contributed by atoms with van der Waals surface area (Å²) < 4.78 is 68.6. The van der Waals surface area contributed by atoms with E-state index in [1.165, 1.54) is 0 Å². The van der Waals surface area contributed by atoms with Gasteiger partial charge in [-0.15, -0.1) is 0 Å². The molecule has 4 aliphatic rings. The van der Waals surface area contributed by atoms with Crippen LogP contribution >= 0.6 is 0 Å². The summed E-state index contributed by atoms with van der Waals surface area (Å²) in [5.41, 5.74) is -7.19. The quantitative estimate of drug-likeness (QED) is 0.453. The SMILES string of the molecule is CC(O)(C1CC2CC1C1C3C=CC(C3)C21)C(F)(F)C(C)(O)C(F)(F)F. The van der Waals surface area contributed by atoms with Gasteiger partial charge in [-0.25, -0.2) is 0 Å². The summed E-state index contributed by atoms with van der Waals surface area (Å²) >= 11 is 0. The summed E-state index contributed by atoms with van der Waals surface area (Å²) in [6.07, 6.45) is 0.739. The Morgan fingerprint density at radius 2 is 1.40 bits per heavy atom. The van der Waals surface area contributed by atoms with Crippen LogP contribution in [-0.2, 0) is 0 Å². The third kappa shape index (κ3) is 1.97. The molecule has 3 fully saturated rings. The highest BCUT2D eigenvalue weighted by atomic mass is 19.4. The van der Waals surface area contributed by atoms with E-state index < -0.39 is 29.2 Å². The van der Waals surface area contributed by atoms with Gasteiger partial charge >= 0.3 is 12.1 Å². The van der Waals surface area contributed by atoms with Gasteiger partial charge in [0.1, 0.15) is 5.60 Å². The Labute approximate surface area is 143 Å². The van der Waals surface area contributed by atoms with Crippen molar-refractivity contribution in [2.45, 2.75) is 56.4 Å². The van der Waals surface area contributed by atoms with Gasteiger partial charge in [0.25, 0.3) is 0 Å². The Bertz CT molecular complexity index is 609. The third-order valence-corrected chi connectivity index (χ3v) is 7.79. The van der Waals surface area contributed by atoms with E-state index in [2.05, 4.69) is 12.2 Å². The third-order valence-electron chi connectivity index (χ3n) is 7.79. The molecule has 0 saturated heterocycles. The van der Waals surface area contributed by atoms with Crippen molar-refractivity contribution < 1.29 is 32.2 Å². The van der Waals surface area contributed by atoms with Crippen LogP contribution in [0.15, 0.2) is 12.2 Å². The first-order chi connectivity index (χ1) is 11.3. The Kier molecular flexibility index (Phi) is 3.38. The molecule has 0 radical (unpaired) electrons. The molecule has 3 saturated carbocycles. The Morgan fingerprint density at radius 1 is 0.840 bits per heavy atom. The largest absolute Gasteiger partial charge is 0.423 e. The Balaban J connectivity index is 1.65. The molecule has 2 N–H and O–H groups in total. The fourth-order valence-corrected chi connectivity index (χ4v) is 6.57. The van der Waals surface area contributed by atoms with Crippen molar-refractivity contribution >= 4 is 0 Å². The van der Waals surface area contributed by atoms with E-state index in [1.54, 1.807) is 0 Å². The van der Waals surface area contributed by atoms with Gasteiger partial charge in [0, 0.05) is 0 Å². The van der Waals surface area contributed by atoms with Gasteiger partial charge < -0.3 is 10.2 Å². The molecule has 0 amide bonds. The number of halogens is 5. The van der Waals surface area contributed by atoms with Crippen LogP contribution in [0.25, 0.3) is 0 Å². The van der Waals surface area contributed by atoms with Gasteiger partial charge in [0.15, 0.2) is 0 Å². The molecule has 0 aromatic heterocycles. The summed E-state index contributed by atoms with van der Waals surface area (Å²) in [6, 6.07) is 0. The van der Waals surface area contributed by atoms with E-state index in [1.807, 2.05) is 0 Å². The number of hydrogen-bond donors (Lipinski definition) is 2. The van der Waals surface area contributed by atoms with E-state index in [4.69, 9.17) is 0 Å². The van der Waals surface area contributed by atoms with Crippen molar-refractivity contribution in [1.29, 1.82) is 0 Å². The van der Waals surface area contributed by atoms with Crippen molar-refractivity contribution in [3.05, 3.63) is 12.2 Å². The zero-order chi connectivity index (χ0) is 18.6. The van der Waals surface area contributed by atoms with Gasteiger partial charge in [-0.2, -0.15) is 22.0 Å². The molecule has 2 nitrogen and oxygen atoms in total. The zero-order valence-corrected chi connectivity index (χ0v) is 14.1. The van der Waals surface area contributed by atoms with Gasteiger partial charge in [-0.3, -0.25) is 0 Å². The van der Waals surface area contributed by atoms with Crippen molar-refractivity contribution in [3.63, 3.8) is 0 Å². The van der Waals surface area contributed by atoms with E-state index in [9.17, 15) is 32.2 Å². The van der Waals surface area contributed by atoms with Crippen LogP contribution < -0.4 is 0 Å². The Hall–Kier alpha value is -0.690. The highest BCUT2D eigenvalue weighted by Gasteiger charge is 2.76. The number of alkyl halides is 5. The molecule has 0 aromatic rings. The van der Waals surface area contributed by atoms with Crippen molar-refractivity contribution in [3.8, 4) is 0 Å². The van der Waals surface area contributed by atoms with Crippen LogP contribution in [0.5, 0.6) is 0 Å². The number of rotatable bonds is 3. The van der Waals surface area contributed by atoms with Gasteiger partial charge in [0.05, 0.1) is 0 Å². The molecule has 0 spiro atoms. The van der Waals surface area contributed by atoms with Crippen LogP contribution in [0.3, 0.4) is 0 Å². The standard InChI is InChI=1S/C18H23F5O2/c1-15(24,17(19,20)16(2,25)18(21,22)23)12-7-10-6-11(12)14-9-4-3-8(5-9)13(10)14/h3-4,8-14,24-25H,5-7H2,1-2H3. The molecular weight excluding hydrogens is 343 g/mol. The topological polar surface area (TPSA) is 40.5 Å². The average Bonchev–Trinajstić information content (AvgIpc) is 3.23. The van der Waals surface area contributed by atoms with Gasteiger partial charge in [-0.05, 0) is 74.5 Å². The zero-order valence-electron chi connectivity index (χ0n) is 14.1. The molecule has 7 heteroatoms. The first-order valence-corrected chi connectivity index (χ1v) is 8.88. The maximum absolute atomic E-state index is 14.7. The average molecular weight is 366 g/mol. The number of allylic oxidation sites excluding steroid dienone is 2. The molecule has 0 aliphatic heterocycles. The minimum Gasteiger partial charge on any atom is -0.383 e. The fourth-order valence-electron chi connectivity index (χ4n) is 6.57. The van der Waals surface area contributed by atoms with E-state index in [0.29, 0.717) is 30.6 Å². The summed E-state index contributed by atoms with van der Waals surface area (Å²) in [7, 11) is 0. The molecule has 25 heavy (non-hydrogen) atoms. The lowest BCUT2D eigenvalue weighted by molar-refractivity contribution is -0.367. The van der Waals surface area contributed by atoms with Crippen LogP contribution in [0.4, 0.5) is 22.0 Å². The smallest absolute Gasteiger partial charge is 0.383 e. The molecule has 0 aromatic carbocycles. The highest BCUT2D eigenvalue weighted by molar-refractivity contribution is 5.23. The normalized spacial score (nSPS) is 47.0. The predicted molar refractivity (Wildman–Crippen MR) is 79.7 cm³/mol. The number of aliphatic hydroxyl groups is 2. The molecular formula is C18H23F5O2. The van der Waals surface area contributed by atoms with Crippen LogP contribution in [-0.4, -0.2) is 33.5 Å². The lowest BCUT2D eigenvalue weighted by Gasteiger charge is -2.49. The summed E-state index contributed by atoms with van der Waals surface area (Å²) in [6.45, 7) is 0.828. The van der Waals surface area contributed by atoms with Crippen LogP contribution in [0, 0.1) is 41.4 Å². The second kappa shape index (κ2) is 4.77. The first-order valence-electron chi connectivity index (χ1n) is 8.88. The first kappa shape index (κ1) is 17.7. The van der Waals surface area contributed by atoms with Gasteiger partial charge in [0.2, 0.25) is 5.60 Å².